The Bertz CT molecular complexity index is 617. The molecule has 1 aromatic heterocycles. The summed E-state index contributed by atoms with van der Waals surface area (Å²) in [7, 11) is 0. The van der Waals surface area contributed by atoms with Crippen LogP contribution in [0.3, 0.4) is 0 Å². The molecule has 3 nitrogen and oxygen atoms in total. The molecule has 0 bridgehead atoms. The molecule has 0 aliphatic rings. The molecule has 100 valence electrons. The molecule has 19 heavy (non-hydrogen) atoms. The summed E-state index contributed by atoms with van der Waals surface area (Å²) in [6.45, 7) is 2.28. The third-order valence-corrected chi connectivity index (χ3v) is 3.01. The number of aliphatic hydroxyl groups excluding tert-OH is 1. The van der Waals surface area contributed by atoms with Gasteiger partial charge in [0.05, 0.1) is 12.3 Å². The molecule has 1 aromatic carbocycles. The number of rotatable bonds is 4. The average Bonchev–Trinajstić information content (AvgIpc) is 2.42. The molecule has 1 N–H and O–H groups in total. The number of nitrogens with zero attached hydrogens (tertiary/aromatic N) is 1. The minimum atomic E-state index is -0.305. The summed E-state index contributed by atoms with van der Waals surface area (Å²) >= 11 is 0. The van der Waals surface area contributed by atoms with E-state index in [1.54, 1.807) is 28.8 Å². The van der Waals surface area contributed by atoms with Crippen LogP contribution >= 0.6 is 0 Å². The first kappa shape index (κ1) is 13.5. The SMILES string of the molecule is CCCn1c(-c2ccc(F)cc2)ccc(CO)c1=O. The zero-order chi connectivity index (χ0) is 13.8. The Morgan fingerprint density at radius 1 is 1.16 bits per heavy atom. The maximum absolute atomic E-state index is 12.9. The molecule has 1 heterocycles. The second-order valence-electron chi connectivity index (χ2n) is 4.37. The van der Waals surface area contributed by atoms with Gasteiger partial charge in [-0.15, -0.1) is 0 Å². The Morgan fingerprint density at radius 2 is 1.84 bits per heavy atom. The van der Waals surface area contributed by atoms with Crippen molar-refractivity contribution >= 4 is 0 Å². The lowest BCUT2D eigenvalue weighted by Crippen LogP contribution is -2.25. The third-order valence-electron chi connectivity index (χ3n) is 3.01. The number of aromatic nitrogens is 1. The van der Waals surface area contributed by atoms with Crippen molar-refractivity contribution in [1.29, 1.82) is 0 Å². The van der Waals surface area contributed by atoms with Crippen LogP contribution in [0.2, 0.25) is 0 Å². The molecule has 2 rings (SSSR count). The van der Waals surface area contributed by atoms with Gasteiger partial charge in [-0.25, -0.2) is 4.39 Å². The standard InChI is InChI=1S/C15H16FNO2/c1-2-9-17-14(8-5-12(10-18)15(17)19)11-3-6-13(16)7-4-11/h3-8,18H,2,9-10H2,1H3. The van der Waals surface area contributed by atoms with Crippen LogP contribution < -0.4 is 5.56 Å². The highest BCUT2D eigenvalue weighted by molar-refractivity contribution is 5.59. The topological polar surface area (TPSA) is 42.2 Å². The third kappa shape index (κ3) is 2.74. The van der Waals surface area contributed by atoms with Crippen molar-refractivity contribution in [3.8, 4) is 11.3 Å². The molecule has 0 unspecified atom stereocenters. The van der Waals surface area contributed by atoms with Crippen molar-refractivity contribution in [3.63, 3.8) is 0 Å². The molecule has 4 heteroatoms. The van der Waals surface area contributed by atoms with Gasteiger partial charge in [0, 0.05) is 12.1 Å². The highest BCUT2D eigenvalue weighted by atomic mass is 19.1. The van der Waals surface area contributed by atoms with Gasteiger partial charge in [-0.1, -0.05) is 6.92 Å². The van der Waals surface area contributed by atoms with E-state index in [0.29, 0.717) is 12.1 Å². The fraction of sp³-hybridized carbons (Fsp3) is 0.267. The molecular formula is C15H16FNO2. The molecule has 0 atom stereocenters. The number of hydrogen-bond acceptors (Lipinski definition) is 2. The Balaban J connectivity index is 2.59. The van der Waals surface area contributed by atoms with E-state index >= 15 is 0 Å². The predicted octanol–water partition coefficient (Wildman–Crippen LogP) is 2.56. The Morgan fingerprint density at radius 3 is 2.42 bits per heavy atom. The number of benzene rings is 1. The minimum Gasteiger partial charge on any atom is -0.391 e. The maximum Gasteiger partial charge on any atom is 0.256 e. The fourth-order valence-corrected chi connectivity index (χ4v) is 2.06. The van der Waals surface area contributed by atoms with Gasteiger partial charge in [0.2, 0.25) is 0 Å². The van der Waals surface area contributed by atoms with Crippen LogP contribution in [0.1, 0.15) is 18.9 Å². The van der Waals surface area contributed by atoms with E-state index < -0.39 is 0 Å². The highest BCUT2D eigenvalue weighted by Gasteiger charge is 2.09. The van der Waals surface area contributed by atoms with Crippen molar-refractivity contribution in [3.05, 3.63) is 58.1 Å². The first-order chi connectivity index (χ1) is 9.17. The second-order valence-corrected chi connectivity index (χ2v) is 4.37. The van der Waals surface area contributed by atoms with Gasteiger partial charge in [-0.3, -0.25) is 4.79 Å². The van der Waals surface area contributed by atoms with Gasteiger partial charge in [0.1, 0.15) is 5.82 Å². The number of hydrogen-bond donors (Lipinski definition) is 1. The largest absolute Gasteiger partial charge is 0.391 e. The molecule has 0 saturated carbocycles. The number of halogens is 1. The Hall–Kier alpha value is -1.94. The van der Waals surface area contributed by atoms with Gasteiger partial charge in [-0.05, 0) is 48.4 Å². The molecule has 0 aliphatic heterocycles. The first-order valence-electron chi connectivity index (χ1n) is 6.27. The summed E-state index contributed by atoms with van der Waals surface area (Å²) in [5, 5.41) is 9.15. The lowest BCUT2D eigenvalue weighted by Gasteiger charge is -2.13. The Labute approximate surface area is 110 Å². The van der Waals surface area contributed by atoms with Crippen LogP contribution in [0.4, 0.5) is 4.39 Å². The summed E-state index contributed by atoms with van der Waals surface area (Å²) in [6.07, 6.45) is 0.809. The summed E-state index contributed by atoms with van der Waals surface area (Å²) in [6, 6.07) is 9.44. The van der Waals surface area contributed by atoms with Crippen molar-refractivity contribution < 1.29 is 9.50 Å². The van der Waals surface area contributed by atoms with Gasteiger partial charge in [-0.2, -0.15) is 0 Å². The van der Waals surface area contributed by atoms with E-state index in [1.165, 1.54) is 12.1 Å². The number of pyridine rings is 1. The van der Waals surface area contributed by atoms with Crippen molar-refractivity contribution in [2.75, 3.05) is 0 Å². The number of aliphatic hydroxyl groups is 1. The van der Waals surface area contributed by atoms with Gasteiger partial charge in [0.25, 0.3) is 5.56 Å². The molecular weight excluding hydrogens is 245 g/mol. The first-order valence-corrected chi connectivity index (χ1v) is 6.27. The molecule has 0 saturated heterocycles. The summed E-state index contributed by atoms with van der Waals surface area (Å²) in [4.78, 5) is 12.2. The molecule has 2 aromatic rings. The van der Waals surface area contributed by atoms with Crippen molar-refractivity contribution in [2.24, 2.45) is 0 Å². The van der Waals surface area contributed by atoms with Crippen LogP contribution in [0.5, 0.6) is 0 Å². The van der Waals surface area contributed by atoms with E-state index in [4.69, 9.17) is 5.11 Å². The summed E-state index contributed by atoms with van der Waals surface area (Å²) in [5.74, 6) is -0.305. The van der Waals surface area contributed by atoms with Crippen molar-refractivity contribution in [2.45, 2.75) is 26.5 Å². The van der Waals surface area contributed by atoms with Gasteiger partial charge < -0.3 is 9.67 Å². The molecule has 0 amide bonds. The van der Waals surface area contributed by atoms with Crippen LogP contribution in [-0.4, -0.2) is 9.67 Å². The van der Waals surface area contributed by atoms with E-state index in [9.17, 15) is 9.18 Å². The van der Waals surface area contributed by atoms with E-state index in [-0.39, 0.29) is 18.0 Å². The van der Waals surface area contributed by atoms with Gasteiger partial charge >= 0.3 is 0 Å². The van der Waals surface area contributed by atoms with Gasteiger partial charge in [0.15, 0.2) is 0 Å². The van der Waals surface area contributed by atoms with E-state index in [2.05, 4.69) is 0 Å². The Kier molecular flexibility index (Phi) is 4.12. The zero-order valence-corrected chi connectivity index (χ0v) is 10.8. The molecule has 0 spiro atoms. The summed E-state index contributed by atoms with van der Waals surface area (Å²) < 4.78 is 14.6. The molecule has 0 radical (unpaired) electrons. The average molecular weight is 261 g/mol. The highest BCUT2D eigenvalue weighted by Crippen LogP contribution is 2.19. The van der Waals surface area contributed by atoms with E-state index in [1.807, 2.05) is 6.92 Å². The minimum absolute atomic E-state index is 0.189. The quantitative estimate of drug-likeness (QED) is 0.919. The van der Waals surface area contributed by atoms with Crippen LogP contribution in [-0.2, 0) is 13.2 Å². The fourth-order valence-electron chi connectivity index (χ4n) is 2.06. The van der Waals surface area contributed by atoms with Crippen LogP contribution in [0, 0.1) is 5.82 Å². The van der Waals surface area contributed by atoms with Crippen LogP contribution in [0.25, 0.3) is 11.3 Å². The zero-order valence-electron chi connectivity index (χ0n) is 10.8. The summed E-state index contributed by atoms with van der Waals surface area (Å²) in [5.41, 5.74) is 1.71. The normalized spacial score (nSPS) is 10.7. The van der Waals surface area contributed by atoms with Crippen molar-refractivity contribution in [1.82, 2.24) is 4.57 Å². The lowest BCUT2D eigenvalue weighted by molar-refractivity contribution is 0.279. The lowest BCUT2D eigenvalue weighted by atomic mass is 10.1. The predicted molar refractivity (Wildman–Crippen MR) is 72.3 cm³/mol. The maximum atomic E-state index is 12.9. The van der Waals surface area contributed by atoms with Crippen LogP contribution in [0.15, 0.2) is 41.2 Å². The molecule has 0 aliphatic carbocycles. The van der Waals surface area contributed by atoms with E-state index in [0.717, 1.165) is 17.7 Å². The second kappa shape index (κ2) is 5.80. The smallest absolute Gasteiger partial charge is 0.256 e. The monoisotopic (exact) mass is 261 g/mol. The molecule has 0 fully saturated rings.